The van der Waals surface area contributed by atoms with Gasteiger partial charge in [0.2, 0.25) is 0 Å². The fourth-order valence-corrected chi connectivity index (χ4v) is 8.18. The molecule has 3 fully saturated rings. The lowest BCUT2D eigenvalue weighted by Gasteiger charge is -2.59. The van der Waals surface area contributed by atoms with Crippen molar-refractivity contribution in [3.8, 4) is 0 Å². The first kappa shape index (κ1) is 17.3. The van der Waals surface area contributed by atoms with Gasteiger partial charge in [-0.3, -0.25) is 9.69 Å². The normalized spacial score (nSPS) is 46.3. The number of esters is 1. The molecule has 0 unspecified atom stereocenters. The Bertz CT molecular complexity index is 872. The number of piperidine rings is 1. The van der Waals surface area contributed by atoms with Crippen LogP contribution in [0.25, 0.3) is 0 Å². The molecule has 3 aliphatic heterocycles. The highest BCUT2D eigenvalue weighted by atomic mass is 16.5. The number of fused-ring (bicyclic) bond motifs is 1. The van der Waals surface area contributed by atoms with Crippen molar-refractivity contribution in [2.45, 2.75) is 52.0 Å². The second kappa shape index (κ2) is 5.29. The molecule has 3 aliphatic carbocycles. The SMILES string of the molecule is COC(=O)C1=C2CCOC3=C2[C@@]2(C1)C(=O)[C@@H]1C[C@H]4N(C[C@@H](CC3)[C@]42C)C[C@H]1C. The molecule has 150 valence electrons. The van der Waals surface area contributed by atoms with E-state index in [2.05, 4.69) is 18.7 Å². The van der Waals surface area contributed by atoms with Crippen LogP contribution in [0.5, 0.6) is 0 Å². The average molecular weight is 383 g/mol. The van der Waals surface area contributed by atoms with E-state index in [9.17, 15) is 9.59 Å². The van der Waals surface area contributed by atoms with Crippen molar-refractivity contribution < 1.29 is 19.1 Å². The van der Waals surface area contributed by atoms with Gasteiger partial charge in [0.05, 0.1) is 19.1 Å². The number of hydrogen-bond acceptors (Lipinski definition) is 5. The molecule has 0 radical (unpaired) electrons. The largest absolute Gasteiger partial charge is 0.497 e. The summed E-state index contributed by atoms with van der Waals surface area (Å²) in [7, 11) is 1.46. The third kappa shape index (κ3) is 1.67. The lowest BCUT2D eigenvalue weighted by atomic mass is 9.45. The molecule has 2 saturated heterocycles. The Morgan fingerprint density at radius 1 is 1.29 bits per heavy atom. The van der Waals surface area contributed by atoms with E-state index < -0.39 is 5.41 Å². The number of allylic oxidation sites excluding steroid dienone is 2. The fourth-order valence-electron chi connectivity index (χ4n) is 8.18. The Morgan fingerprint density at radius 3 is 2.89 bits per heavy atom. The van der Waals surface area contributed by atoms with Crippen LogP contribution >= 0.6 is 0 Å². The van der Waals surface area contributed by atoms with Crippen molar-refractivity contribution >= 4 is 11.8 Å². The van der Waals surface area contributed by atoms with Crippen LogP contribution in [0.1, 0.15) is 46.0 Å². The molecule has 1 saturated carbocycles. The van der Waals surface area contributed by atoms with Crippen LogP contribution < -0.4 is 0 Å². The Labute approximate surface area is 166 Å². The van der Waals surface area contributed by atoms with Crippen molar-refractivity contribution in [1.82, 2.24) is 4.90 Å². The zero-order valence-corrected chi connectivity index (χ0v) is 17.0. The van der Waals surface area contributed by atoms with Gasteiger partial charge in [0.25, 0.3) is 0 Å². The van der Waals surface area contributed by atoms with E-state index in [1.165, 1.54) is 7.11 Å². The van der Waals surface area contributed by atoms with Gasteiger partial charge in [-0.1, -0.05) is 13.8 Å². The van der Waals surface area contributed by atoms with Crippen LogP contribution in [0, 0.1) is 28.6 Å². The standard InChI is InChI=1S/C23H29NO4/c1-12-10-24-11-13-4-5-17-19-14(6-7-28-17)16(21(26)27-3)9-23(19)20(25)15(12)8-18(24)22(13,23)2/h12-13,15,18H,4-11H2,1-3H3/t12-,13-,15-,18-,22-,23+/m1/s1. The van der Waals surface area contributed by atoms with Crippen LogP contribution in [-0.4, -0.2) is 49.5 Å². The van der Waals surface area contributed by atoms with Crippen molar-refractivity contribution in [2.75, 3.05) is 26.8 Å². The Kier molecular flexibility index (Phi) is 3.26. The number of carbonyl (C=O) groups excluding carboxylic acids is 2. The number of ketones is 1. The summed E-state index contributed by atoms with van der Waals surface area (Å²) in [6.45, 7) is 7.34. The molecule has 0 amide bonds. The predicted molar refractivity (Wildman–Crippen MR) is 102 cm³/mol. The first-order valence-electron chi connectivity index (χ1n) is 10.9. The van der Waals surface area contributed by atoms with E-state index in [0.717, 1.165) is 54.8 Å². The van der Waals surface area contributed by atoms with Crippen LogP contribution in [0.15, 0.2) is 22.5 Å². The molecule has 6 rings (SSSR count). The van der Waals surface area contributed by atoms with Crippen molar-refractivity contribution in [2.24, 2.45) is 28.6 Å². The second-order valence-electron chi connectivity index (χ2n) is 10.1. The van der Waals surface area contributed by atoms with Gasteiger partial charge >= 0.3 is 5.97 Å². The van der Waals surface area contributed by atoms with Crippen molar-refractivity contribution in [1.29, 1.82) is 0 Å². The van der Waals surface area contributed by atoms with E-state index in [1.807, 2.05) is 0 Å². The molecule has 3 heterocycles. The maximum Gasteiger partial charge on any atom is 0.334 e. The third-order valence-electron chi connectivity index (χ3n) is 9.39. The fraction of sp³-hybridized carbons (Fsp3) is 0.739. The minimum Gasteiger partial charge on any atom is -0.497 e. The molecule has 28 heavy (non-hydrogen) atoms. The first-order chi connectivity index (χ1) is 13.4. The van der Waals surface area contributed by atoms with Gasteiger partial charge < -0.3 is 9.47 Å². The van der Waals surface area contributed by atoms with Gasteiger partial charge in [0.1, 0.15) is 11.5 Å². The average Bonchev–Trinajstić information content (AvgIpc) is 3.16. The van der Waals surface area contributed by atoms with Gasteiger partial charge in [-0.25, -0.2) is 4.79 Å². The molecule has 0 aromatic rings. The van der Waals surface area contributed by atoms with E-state index >= 15 is 0 Å². The van der Waals surface area contributed by atoms with Gasteiger partial charge in [-0.15, -0.1) is 0 Å². The summed E-state index contributed by atoms with van der Waals surface area (Å²) < 4.78 is 11.4. The summed E-state index contributed by atoms with van der Waals surface area (Å²) in [4.78, 5) is 29.7. The molecule has 0 aromatic carbocycles. The maximum absolute atomic E-state index is 14.3. The van der Waals surface area contributed by atoms with Gasteiger partial charge in [0, 0.05) is 54.5 Å². The maximum atomic E-state index is 14.3. The molecule has 5 heteroatoms. The molecule has 0 aromatic heterocycles. The van der Waals surface area contributed by atoms with Crippen molar-refractivity contribution in [3.05, 3.63) is 22.5 Å². The number of rotatable bonds is 1. The number of Topliss-reactive ketones (excluding diaryl/α,β-unsaturated/α-hetero) is 1. The van der Waals surface area contributed by atoms with Crippen LogP contribution in [0.4, 0.5) is 0 Å². The van der Waals surface area contributed by atoms with Gasteiger partial charge in [-0.2, -0.15) is 0 Å². The molecule has 5 nitrogen and oxygen atoms in total. The predicted octanol–water partition coefficient (Wildman–Crippen LogP) is 2.86. The summed E-state index contributed by atoms with van der Waals surface area (Å²) >= 11 is 0. The van der Waals surface area contributed by atoms with E-state index in [-0.39, 0.29) is 17.3 Å². The molecule has 0 N–H and O–H groups in total. The number of nitrogens with zero attached hydrogens (tertiary/aromatic N) is 1. The van der Waals surface area contributed by atoms with Crippen LogP contribution in [-0.2, 0) is 19.1 Å². The minimum absolute atomic E-state index is 0.0973. The zero-order valence-electron chi connectivity index (χ0n) is 17.0. The van der Waals surface area contributed by atoms with E-state index in [1.54, 1.807) is 0 Å². The molecule has 2 bridgehead atoms. The second-order valence-corrected chi connectivity index (χ2v) is 10.1. The summed E-state index contributed by atoms with van der Waals surface area (Å²) in [6.07, 6.45) is 4.20. The van der Waals surface area contributed by atoms with Crippen LogP contribution in [0.2, 0.25) is 0 Å². The highest BCUT2D eigenvalue weighted by Gasteiger charge is 2.74. The molecular formula is C23H29NO4. The van der Waals surface area contributed by atoms with Gasteiger partial charge in [0.15, 0.2) is 0 Å². The van der Waals surface area contributed by atoms with Crippen LogP contribution in [0.3, 0.4) is 0 Å². The molecule has 6 atom stereocenters. The lowest BCUT2D eigenvalue weighted by molar-refractivity contribution is -0.157. The molecular weight excluding hydrogens is 354 g/mol. The molecule has 1 spiro atoms. The Hall–Kier alpha value is -1.62. The zero-order chi connectivity index (χ0) is 19.4. The van der Waals surface area contributed by atoms with E-state index in [0.29, 0.717) is 43.1 Å². The number of carbonyl (C=O) groups is 2. The summed E-state index contributed by atoms with van der Waals surface area (Å²) in [5, 5.41) is 0. The Morgan fingerprint density at radius 2 is 2.11 bits per heavy atom. The minimum atomic E-state index is -0.597. The monoisotopic (exact) mass is 383 g/mol. The quantitative estimate of drug-likeness (QED) is 0.652. The van der Waals surface area contributed by atoms with Gasteiger partial charge in [-0.05, 0) is 36.7 Å². The summed E-state index contributed by atoms with van der Waals surface area (Å²) in [5.74, 6) is 2.09. The van der Waals surface area contributed by atoms with Crippen molar-refractivity contribution in [3.63, 3.8) is 0 Å². The number of ether oxygens (including phenoxy) is 2. The number of hydrogen-bond donors (Lipinski definition) is 0. The first-order valence-corrected chi connectivity index (χ1v) is 10.9. The highest BCUT2D eigenvalue weighted by Crippen LogP contribution is 2.72. The van der Waals surface area contributed by atoms with E-state index in [4.69, 9.17) is 9.47 Å². The Balaban J connectivity index is 1.65. The lowest BCUT2D eigenvalue weighted by Crippen LogP contribution is -2.65. The topological polar surface area (TPSA) is 55.8 Å². The number of methoxy groups -OCH3 is 1. The summed E-state index contributed by atoms with van der Waals surface area (Å²) in [5.41, 5.74) is 2.22. The summed E-state index contributed by atoms with van der Waals surface area (Å²) in [6, 6.07) is 0.434. The third-order valence-corrected chi connectivity index (χ3v) is 9.39. The smallest absolute Gasteiger partial charge is 0.334 e. The highest BCUT2D eigenvalue weighted by molar-refractivity contribution is 6.01. The molecule has 6 aliphatic rings.